The fraction of sp³-hybridized carbons (Fsp3) is 0.600. The molecule has 156 valence electrons. The summed E-state index contributed by atoms with van der Waals surface area (Å²) in [6.45, 7) is 9.81. The largest absolute Gasteiger partial charge is 0.355 e. The van der Waals surface area contributed by atoms with Gasteiger partial charge in [0.2, 0.25) is 5.91 Å². The number of aromatic nitrogens is 2. The molecule has 4 nitrogen and oxygen atoms in total. The van der Waals surface area contributed by atoms with Crippen LogP contribution in [-0.2, 0) is 11.2 Å². The van der Waals surface area contributed by atoms with Crippen molar-refractivity contribution >= 4 is 16.9 Å². The molecule has 3 atom stereocenters. The number of rotatable bonds is 6. The first-order valence-corrected chi connectivity index (χ1v) is 11.3. The predicted octanol–water partition coefficient (Wildman–Crippen LogP) is 5.18. The Hall–Kier alpha value is -2.10. The van der Waals surface area contributed by atoms with Crippen LogP contribution in [0.25, 0.3) is 11.0 Å². The first-order chi connectivity index (χ1) is 13.9. The summed E-state index contributed by atoms with van der Waals surface area (Å²) in [6, 6.07) is 6.32. The van der Waals surface area contributed by atoms with Gasteiger partial charge in [-0.2, -0.15) is 0 Å². The van der Waals surface area contributed by atoms with Gasteiger partial charge in [-0.15, -0.1) is 0 Å². The molecule has 2 N–H and O–H groups in total. The molecule has 4 heteroatoms. The zero-order valence-corrected chi connectivity index (χ0v) is 18.3. The molecule has 3 unspecified atom stereocenters. The van der Waals surface area contributed by atoms with Crippen molar-refractivity contribution in [2.45, 2.75) is 59.8 Å². The van der Waals surface area contributed by atoms with Crippen LogP contribution >= 0.6 is 0 Å². The number of nitrogens with zero attached hydrogens (tertiary/aromatic N) is 1. The number of aromatic amines is 1. The van der Waals surface area contributed by atoms with Crippen molar-refractivity contribution in [3.63, 3.8) is 0 Å². The molecule has 2 aliphatic rings. The molecule has 29 heavy (non-hydrogen) atoms. The van der Waals surface area contributed by atoms with Crippen LogP contribution in [0, 0.1) is 36.5 Å². The van der Waals surface area contributed by atoms with E-state index in [1.54, 1.807) is 0 Å². The minimum Gasteiger partial charge on any atom is -0.355 e. The van der Waals surface area contributed by atoms with Crippen LogP contribution in [0.15, 0.2) is 29.8 Å². The number of benzene rings is 1. The number of fused-ring (bicyclic) bond motifs is 1. The minimum absolute atomic E-state index is 0.268. The summed E-state index contributed by atoms with van der Waals surface area (Å²) < 4.78 is 0. The Bertz CT molecular complexity index is 906. The first kappa shape index (κ1) is 20.2. The van der Waals surface area contributed by atoms with E-state index < -0.39 is 0 Å². The molecule has 1 amide bonds. The fourth-order valence-corrected chi connectivity index (χ4v) is 5.10. The van der Waals surface area contributed by atoms with Crippen molar-refractivity contribution in [3.8, 4) is 0 Å². The van der Waals surface area contributed by atoms with E-state index in [0.717, 1.165) is 42.7 Å². The number of amides is 1. The van der Waals surface area contributed by atoms with Gasteiger partial charge >= 0.3 is 0 Å². The van der Waals surface area contributed by atoms with Gasteiger partial charge in [0, 0.05) is 18.9 Å². The van der Waals surface area contributed by atoms with Crippen LogP contribution in [0.4, 0.5) is 0 Å². The van der Waals surface area contributed by atoms with Crippen LogP contribution in [-0.4, -0.2) is 22.4 Å². The lowest BCUT2D eigenvalue weighted by atomic mass is 9.69. The second kappa shape index (κ2) is 8.33. The Morgan fingerprint density at radius 1 is 1.28 bits per heavy atom. The molecule has 2 aliphatic carbocycles. The van der Waals surface area contributed by atoms with E-state index in [2.05, 4.69) is 62.3 Å². The lowest BCUT2D eigenvalue weighted by molar-refractivity contribution is -0.127. The number of nitrogens with one attached hydrogen (secondary N) is 2. The third-order valence-electron chi connectivity index (χ3n) is 7.28. The van der Waals surface area contributed by atoms with Gasteiger partial charge in [0.05, 0.1) is 11.0 Å². The molecule has 0 bridgehead atoms. The maximum Gasteiger partial charge on any atom is 0.223 e. The van der Waals surface area contributed by atoms with Crippen molar-refractivity contribution in [2.24, 2.45) is 29.6 Å². The highest BCUT2D eigenvalue weighted by Crippen LogP contribution is 2.39. The number of allylic oxidation sites excluding steroid dienone is 1. The third-order valence-corrected chi connectivity index (χ3v) is 7.28. The van der Waals surface area contributed by atoms with Crippen molar-refractivity contribution < 1.29 is 4.79 Å². The molecule has 0 radical (unpaired) electrons. The van der Waals surface area contributed by atoms with Crippen LogP contribution in [0.3, 0.4) is 0 Å². The molecule has 4 rings (SSSR count). The number of aryl methyl sites for hydroxylation is 1. The van der Waals surface area contributed by atoms with E-state index in [4.69, 9.17) is 4.98 Å². The topological polar surface area (TPSA) is 57.8 Å². The van der Waals surface area contributed by atoms with Crippen LogP contribution in [0.2, 0.25) is 0 Å². The summed E-state index contributed by atoms with van der Waals surface area (Å²) in [6.07, 6.45) is 7.91. The quantitative estimate of drug-likeness (QED) is 0.664. The molecular formula is C25H35N3O. The molecule has 0 saturated heterocycles. The average Bonchev–Trinajstić information content (AvgIpc) is 3.04. The minimum atomic E-state index is 0.268. The Morgan fingerprint density at radius 2 is 2.07 bits per heavy atom. The Kier molecular flexibility index (Phi) is 5.80. The Balaban J connectivity index is 1.46. The second-order valence-electron chi connectivity index (χ2n) is 9.65. The highest BCUT2D eigenvalue weighted by atomic mass is 16.1. The summed E-state index contributed by atoms with van der Waals surface area (Å²) in [7, 11) is 0. The van der Waals surface area contributed by atoms with E-state index in [1.807, 2.05) is 0 Å². The first-order valence-electron chi connectivity index (χ1n) is 11.3. The Labute approximate surface area is 174 Å². The number of carbonyl (C=O) groups is 1. The number of H-pyrrole nitrogens is 1. The third kappa shape index (κ3) is 4.26. The van der Waals surface area contributed by atoms with Gasteiger partial charge in [-0.1, -0.05) is 44.1 Å². The van der Waals surface area contributed by atoms with Crippen LogP contribution < -0.4 is 5.32 Å². The van der Waals surface area contributed by atoms with Crippen molar-refractivity contribution in [2.75, 3.05) is 6.54 Å². The Morgan fingerprint density at radius 3 is 2.72 bits per heavy atom. The highest BCUT2D eigenvalue weighted by molar-refractivity contribution is 5.79. The molecule has 1 fully saturated rings. The lowest BCUT2D eigenvalue weighted by Crippen LogP contribution is -2.40. The second-order valence-corrected chi connectivity index (χ2v) is 9.65. The monoisotopic (exact) mass is 393 g/mol. The van der Waals surface area contributed by atoms with Crippen molar-refractivity contribution in [3.05, 3.63) is 41.2 Å². The number of imidazole rings is 1. The van der Waals surface area contributed by atoms with Crippen LogP contribution in [0.1, 0.15) is 57.8 Å². The van der Waals surface area contributed by atoms with Crippen molar-refractivity contribution in [1.82, 2.24) is 15.3 Å². The maximum absolute atomic E-state index is 12.3. The fourth-order valence-electron chi connectivity index (χ4n) is 5.10. The van der Waals surface area contributed by atoms with Crippen molar-refractivity contribution in [1.29, 1.82) is 0 Å². The summed E-state index contributed by atoms with van der Waals surface area (Å²) in [4.78, 5) is 20.7. The van der Waals surface area contributed by atoms with Gasteiger partial charge in [-0.05, 0) is 68.4 Å². The molecule has 0 spiro atoms. The van der Waals surface area contributed by atoms with Gasteiger partial charge < -0.3 is 10.3 Å². The van der Waals surface area contributed by atoms with Gasteiger partial charge in [0.15, 0.2) is 0 Å². The zero-order chi connectivity index (χ0) is 20.5. The molecule has 2 aromatic rings. The van der Waals surface area contributed by atoms with E-state index >= 15 is 0 Å². The molecule has 1 saturated carbocycles. The molecule has 1 aromatic heterocycles. The summed E-state index contributed by atoms with van der Waals surface area (Å²) in [5, 5.41) is 3.25. The number of carbonyl (C=O) groups excluding carboxylic acids is 1. The van der Waals surface area contributed by atoms with E-state index in [1.165, 1.54) is 24.0 Å². The van der Waals surface area contributed by atoms with Gasteiger partial charge in [-0.3, -0.25) is 4.79 Å². The molecule has 1 aromatic carbocycles. The lowest BCUT2D eigenvalue weighted by Gasteiger charge is -2.37. The van der Waals surface area contributed by atoms with E-state index in [0.29, 0.717) is 23.7 Å². The van der Waals surface area contributed by atoms with E-state index in [9.17, 15) is 4.79 Å². The van der Waals surface area contributed by atoms with Crippen LogP contribution in [0.5, 0.6) is 0 Å². The molecule has 1 heterocycles. The number of hydrogen-bond donors (Lipinski definition) is 2. The molecule has 0 aliphatic heterocycles. The number of para-hydroxylation sites is 1. The normalized spacial score (nSPS) is 25.1. The highest BCUT2D eigenvalue weighted by Gasteiger charge is 2.33. The van der Waals surface area contributed by atoms with Gasteiger partial charge in [-0.25, -0.2) is 4.98 Å². The average molecular weight is 394 g/mol. The summed E-state index contributed by atoms with van der Waals surface area (Å²) in [5.74, 6) is 3.78. The number of hydrogen-bond acceptors (Lipinski definition) is 2. The van der Waals surface area contributed by atoms with E-state index in [-0.39, 0.29) is 11.8 Å². The SMILES string of the molecule is CC1=CC(CNC(=O)C2CCC2)C(C(C)C)CC1Cc1nc2c(C)cccc2[nH]1. The summed E-state index contributed by atoms with van der Waals surface area (Å²) >= 11 is 0. The zero-order valence-electron chi connectivity index (χ0n) is 18.3. The smallest absolute Gasteiger partial charge is 0.223 e. The van der Waals surface area contributed by atoms with Gasteiger partial charge in [0.1, 0.15) is 5.82 Å². The van der Waals surface area contributed by atoms with Gasteiger partial charge in [0.25, 0.3) is 0 Å². The summed E-state index contributed by atoms with van der Waals surface area (Å²) in [5.41, 5.74) is 4.90. The predicted molar refractivity (Wildman–Crippen MR) is 119 cm³/mol. The maximum atomic E-state index is 12.3. The standard InChI is InChI=1S/C25H35N3O/c1-15(2)21-12-19(13-23-27-22-10-5-7-16(3)24(22)28-23)17(4)11-20(21)14-26-25(29)18-8-6-9-18/h5,7,10-11,15,18-21H,6,8-9,12-14H2,1-4H3,(H,26,29)(H,27,28). The molecular weight excluding hydrogens is 358 g/mol.